The zero-order chi connectivity index (χ0) is 46.6. The number of hydrogen-bond acceptors (Lipinski definition) is 13. The Morgan fingerprint density at radius 1 is 0.985 bits per heavy atom. The first-order valence-corrected chi connectivity index (χ1v) is 24.3. The second-order valence-electron chi connectivity index (χ2n) is 17.2. The molecule has 2 aliphatic rings. The highest BCUT2D eigenvalue weighted by Gasteiger charge is 2.43. The van der Waals surface area contributed by atoms with Crippen molar-refractivity contribution in [2.24, 2.45) is 10.9 Å². The molecule has 6 aromatic rings. The minimum atomic E-state index is -0.831. The van der Waals surface area contributed by atoms with Gasteiger partial charge in [-0.3, -0.25) is 23.9 Å². The Bertz CT molecular complexity index is 2720. The first-order valence-electron chi connectivity index (χ1n) is 22.3. The number of aliphatic hydroxyl groups is 1. The van der Waals surface area contributed by atoms with Gasteiger partial charge < -0.3 is 29.9 Å². The fraction of sp³-hybridized carbons (Fsp3) is 0.417. The lowest BCUT2D eigenvalue weighted by Crippen LogP contribution is -2.48. The fourth-order valence-electron chi connectivity index (χ4n) is 8.56. The molecule has 18 heteroatoms. The molecule has 4 aromatic heterocycles. The largest absolute Gasteiger partial charge is 0.476 e. The molecule has 4 atom stereocenters. The summed E-state index contributed by atoms with van der Waals surface area (Å²) in [5.74, 6) is 0.239. The third-order valence-electron chi connectivity index (χ3n) is 12.2. The van der Waals surface area contributed by atoms with E-state index in [-0.39, 0.29) is 55.5 Å². The number of rotatable bonds is 17. The molecule has 3 N–H and O–H groups in total. The molecular weight excluding hydrogens is 898 g/mol. The minimum Gasteiger partial charge on any atom is -0.476 e. The number of nitrogens with zero attached hydrogens (tertiary/aromatic N) is 7. The van der Waals surface area contributed by atoms with Gasteiger partial charge in [0, 0.05) is 53.1 Å². The second-order valence-corrected chi connectivity index (χ2v) is 19.7. The van der Waals surface area contributed by atoms with Gasteiger partial charge in [0.2, 0.25) is 17.7 Å². The van der Waals surface area contributed by atoms with E-state index in [9.17, 15) is 19.5 Å². The maximum absolute atomic E-state index is 14.1. The number of nitrogens with one attached hydrogen (secondary N) is 2. The number of aryl methyl sites for hydroxylation is 3. The number of aliphatic hydroxyl groups excluding tert-OH is 1. The Balaban J connectivity index is 0.808. The van der Waals surface area contributed by atoms with Crippen molar-refractivity contribution in [3.63, 3.8) is 0 Å². The van der Waals surface area contributed by atoms with Crippen LogP contribution in [0.5, 0.6) is 5.88 Å². The third-order valence-corrected chi connectivity index (χ3v) is 14.6. The van der Waals surface area contributed by atoms with Crippen molar-refractivity contribution >= 4 is 57.7 Å². The first kappa shape index (κ1) is 46.8. The zero-order valence-corrected chi connectivity index (χ0v) is 40.2. The van der Waals surface area contributed by atoms with Gasteiger partial charge in [-0.15, -0.1) is 32.9 Å². The summed E-state index contributed by atoms with van der Waals surface area (Å²) in [7, 11) is 0. The fourth-order valence-corrected chi connectivity index (χ4v) is 10.7. The number of unbranched alkanes of at least 4 members (excludes halogenated alkanes) is 2. The molecule has 0 radical (unpaired) electrons. The molecule has 0 bridgehead atoms. The van der Waals surface area contributed by atoms with E-state index in [1.54, 1.807) is 28.7 Å². The van der Waals surface area contributed by atoms with Crippen LogP contribution in [0.15, 0.2) is 69.6 Å². The van der Waals surface area contributed by atoms with Crippen LogP contribution in [0.4, 0.5) is 0 Å². The predicted octanol–water partition coefficient (Wildman–Crippen LogP) is 7.99. The molecule has 1 unspecified atom stereocenters. The Morgan fingerprint density at radius 3 is 2.47 bits per heavy atom. The minimum absolute atomic E-state index is 0.0407. The summed E-state index contributed by atoms with van der Waals surface area (Å²) in [5, 5.41) is 31.3. The zero-order valence-electron chi connectivity index (χ0n) is 37.8. The van der Waals surface area contributed by atoms with E-state index >= 15 is 0 Å². The van der Waals surface area contributed by atoms with Crippen LogP contribution in [0.3, 0.4) is 0 Å². The number of benzene rings is 2. The van der Waals surface area contributed by atoms with Crippen molar-refractivity contribution in [2.75, 3.05) is 19.7 Å². The number of fused-ring (bicyclic) bond motifs is 3. The van der Waals surface area contributed by atoms with Gasteiger partial charge >= 0.3 is 0 Å². The van der Waals surface area contributed by atoms with Gasteiger partial charge in [-0.1, -0.05) is 61.8 Å². The Morgan fingerprint density at radius 2 is 1.74 bits per heavy atom. The number of likely N-dealkylation sites (tertiary alicyclic amines) is 1. The molecule has 66 heavy (non-hydrogen) atoms. The highest BCUT2D eigenvalue weighted by Crippen LogP contribution is 2.40. The molecule has 2 aromatic carbocycles. The summed E-state index contributed by atoms with van der Waals surface area (Å²) < 4.78 is 13.6. The van der Waals surface area contributed by atoms with Crippen molar-refractivity contribution in [3.8, 4) is 21.3 Å². The summed E-state index contributed by atoms with van der Waals surface area (Å²) in [6, 6.07) is 15.8. The van der Waals surface area contributed by atoms with Gasteiger partial charge in [-0.05, 0) is 86.9 Å². The number of halogens is 1. The van der Waals surface area contributed by atoms with Gasteiger partial charge in [0.1, 0.15) is 28.8 Å². The number of aromatic nitrogens is 5. The maximum atomic E-state index is 14.1. The van der Waals surface area contributed by atoms with E-state index in [0.29, 0.717) is 36.2 Å². The highest BCUT2D eigenvalue weighted by molar-refractivity contribution is 7.15. The van der Waals surface area contributed by atoms with Gasteiger partial charge in [-0.25, -0.2) is 4.98 Å². The lowest BCUT2D eigenvalue weighted by Gasteiger charge is -2.28. The van der Waals surface area contributed by atoms with Crippen LogP contribution < -0.4 is 15.4 Å². The van der Waals surface area contributed by atoms with E-state index in [4.69, 9.17) is 25.9 Å². The van der Waals surface area contributed by atoms with Crippen LogP contribution in [0.2, 0.25) is 5.02 Å². The van der Waals surface area contributed by atoms with Crippen LogP contribution in [0.1, 0.15) is 108 Å². The number of amides is 3. The lowest BCUT2D eigenvalue weighted by atomic mass is 9.91. The molecule has 2 aliphatic heterocycles. The van der Waals surface area contributed by atoms with E-state index in [1.165, 1.54) is 9.78 Å². The Hall–Kier alpha value is -5.75. The number of hydrogen-bond donors (Lipinski definition) is 3. The first-order chi connectivity index (χ1) is 31.8. The highest BCUT2D eigenvalue weighted by atomic mass is 35.5. The number of thiazole rings is 1. The van der Waals surface area contributed by atoms with E-state index in [1.807, 2.05) is 86.3 Å². The quantitative estimate of drug-likeness (QED) is 0.0756. The average molecular weight is 953 g/mol. The molecule has 8 rings (SSSR count). The SMILES string of the molecule is Cc1ncsc1-c1ccc(CNC(=O)[C@@H]2C[C@@H](O)CN2C(=O)C(c2cc(OCCCCCNC(=O)C[C@@H]3N=C(c4ccc(Cl)cc4)c4c(sc(C)c4C)-n4c(C)nnc43)no2)C(C)C)cc1. The topological polar surface area (TPSA) is 190 Å². The standard InChI is InChI=1S/C48H54ClN9O6S2/c1-26(2)41(47(62)57-24-35(59)20-37(57)46(61)51-23-31-10-12-33(13-11-31)44-28(4)52-25-65-44)38-22-40(56-64-38)63-19-9-7-8-18-50-39(60)21-36-45-55-54-30(6)58(45)48-42(27(3)29(5)66-48)43(53-36)32-14-16-34(49)17-15-32/h10-17,22,25-26,35-37,41,59H,7-9,18-21,23-24H2,1-6H3,(H,50,60)(H,51,61)/t35-,36+,37+,41?/m1/s1. The normalized spacial score (nSPS) is 17.3. The predicted molar refractivity (Wildman–Crippen MR) is 255 cm³/mol. The Kier molecular flexibility index (Phi) is 14.5. The summed E-state index contributed by atoms with van der Waals surface area (Å²) in [4.78, 5) is 54.3. The molecule has 15 nitrogen and oxygen atoms in total. The monoisotopic (exact) mass is 951 g/mol. The van der Waals surface area contributed by atoms with Crippen molar-refractivity contribution < 1.29 is 28.8 Å². The number of aliphatic imine (C=N–C) groups is 1. The Labute approximate surface area is 396 Å². The molecule has 6 heterocycles. The van der Waals surface area contributed by atoms with Gasteiger partial charge in [0.25, 0.3) is 5.88 Å². The smallest absolute Gasteiger partial charge is 0.254 e. The van der Waals surface area contributed by atoms with Crippen LogP contribution >= 0.6 is 34.3 Å². The summed E-state index contributed by atoms with van der Waals surface area (Å²) in [6.07, 6.45) is 1.63. The van der Waals surface area contributed by atoms with Crippen LogP contribution in [-0.4, -0.2) is 90.2 Å². The van der Waals surface area contributed by atoms with E-state index < -0.39 is 24.1 Å². The van der Waals surface area contributed by atoms with E-state index in [0.717, 1.165) is 67.8 Å². The van der Waals surface area contributed by atoms with Crippen molar-refractivity contribution in [1.29, 1.82) is 0 Å². The number of carbonyl (C=O) groups excluding carboxylic acids is 3. The van der Waals surface area contributed by atoms with Crippen LogP contribution in [-0.2, 0) is 20.9 Å². The molecule has 3 amide bonds. The molecule has 0 saturated carbocycles. The number of β-amino-alcohol motifs (C(OH)–C–C–N with tert-alkyl or cyclic N) is 1. The van der Waals surface area contributed by atoms with Crippen molar-refractivity contribution in [3.05, 3.63) is 115 Å². The van der Waals surface area contributed by atoms with Crippen molar-refractivity contribution in [2.45, 2.75) is 104 Å². The van der Waals surface area contributed by atoms with Gasteiger partial charge in [-0.2, -0.15) is 0 Å². The molecule has 1 fully saturated rings. The second kappa shape index (κ2) is 20.4. The van der Waals surface area contributed by atoms with Crippen molar-refractivity contribution in [1.82, 2.24) is 40.4 Å². The van der Waals surface area contributed by atoms with Gasteiger partial charge in [0.05, 0.1) is 40.9 Å². The molecule has 0 spiro atoms. The molecule has 1 saturated heterocycles. The molecule has 346 valence electrons. The van der Waals surface area contributed by atoms with Crippen LogP contribution in [0, 0.1) is 33.6 Å². The summed E-state index contributed by atoms with van der Waals surface area (Å²) >= 11 is 9.50. The summed E-state index contributed by atoms with van der Waals surface area (Å²) in [5.41, 5.74) is 8.63. The third kappa shape index (κ3) is 10.1. The number of ether oxygens (including phenoxy) is 1. The van der Waals surface area contributed by atoms with Crippen LogP contribution in [0.25, 0.3) is 15.4 Å². The lowest BCUT2D eigenvalue weighted by molar-refractivity contribution is -0.141. The number of thiophene rings is 1. The number of carbonyl (C=O) groups is 3. The van der Waals surface area contributed by atoms with Gasteiger partial charge in [0.15, 0.2) is 11.6 Å². The molecule has 0 aliphatic carbocycles. The average Bonchev–Trinajstić information content (AvgIpc) is 4.14. The van der Waals surface area contributed by atoms with E-state index in [2.05, 4.69) is 44.8 Å². The summed E-state index contributed by atoms with van der Waals surface area (Å²) in [6.45, 7) is 13.0. The molecular formula is C48H54ClN9O6S2. The maximum Gasteiger partial charge on any atom is 0.254 e.